The topological polar surface area (TPSA) is 54.4 Å². The number of aliphatic carboxylic acids is 1. The van der Waals surface area contributed by atoms with Gasteiger partial charge in [0, 0.05) is 12.0 Å². The molecule has 1 aliphatic rings. The van der Waals surface area contributed by atoms with Gasteiger partial charge in [-0.3, -0.25) is 4.79 Å². The van der Waals surface area contributed by atoms with Crippen molar-refractivity contribution in [2.45, 2.75) is 19.8 Å². The van der Waals surface area contributed by atoms with Gasteiger partial charge in [0.25, 0.3) is 0 Å². The van der Waals surface area contributed by atoms with Crippen molar-refractivity contribution in [2.75, 3.05) is 0 Å². The van der Waals surface area contributed by atoms with Gasteiger partial charge in [-0.2, -0.15) is 0 Å². The van der Waals surface area contributed by atoms with Crippen molar-refractivity contribution in [3.8, 4) is 0 Å². The first-order valence-corrected chi connectivity index (χ1v) is 3.87. The van der Waals surface area contributed by atoms with E-state index in [2.05, 4.69) is 0 Å². The summed E-state index contributed by atoms with van der Waals surface area (Å²) in [6.45, 7) is 1.23. The van der Waals surface area contributed by atoms with Crippen LogP contribution in [0.25, 0.3) is 0 Å². The molecular formula is C9H9FO3. The van der Waals surface area contributed by atoms with E-state index in [0.29, 0.717) is 6.42 Å². The highest BCUT2D eigenvalue weighted by atomic mass is 19.1. The van der Waals surface area contributed by atoms with Crippen LogP contribution in [0.1, 0.15) is 19.8 Å². The minimum Gasteiger partial charge on any atom is -0.478 e. The first-order chi connectivity index (χ1) is 6.04. The van der Waals surface area contributed by atoms with Crippen LogP contribution >= 0.6 is 0 Å². The summed E-state index contributed by atoms with van der Waals surface area (Å²) < 4.78 is 13.0. The Kier molecular flexibility index (Phi) is 2.60. The second kappa shape index (κ2) is 3.51. The summed E-state index contributed by atoms with van der Waals surface area (Å²) in [6.07, 6.45) is 1.92. The molecular weight excluding hydrogens is 175 g/mol. The zero-order valence-electron chi connectivity index (χ0n) is 7.13. The Morgan fingerprint density at radius 3 is 2.54 bits per heavy atom. The van der Waals surface area contributed by atoms with E-state index in [1.54, 1.807) is 0 Å². The highest BCUT2D eigenvalue weighted by Crippen LogP contribution is 2.26. The molecule has 3 nitrogen and oxygen atoms in total. The van der Waals surface area contributed by atoms with Crippen molar-refractivity contribution in [3.63, 3.8) is 0 Å². The van der Waals surface area contributed by atoms with E-state index in [-0.39, 0.29) is 12.0 Å². The Morgan fingerprint density at radius 2 is 2.15 bits per heavy atom. The highest BCUT2D eigenvalue weighted by molar-refractivity contribution is 6.09. The van der Waals surface area contributed by atoms with E-state index in [1.165, 1.54) is 13.0 Å². The van der Waals surface area contributed by atoms with Gasteiger partial charge in [-0.25, -0.2) is 9.18 Å². The van der Waals surface area contributed by atoms with Crippen LogP contribution in [0.2, 0.25) is 0 Å². The first kappa shape index (κ1) is 9.64. The number of carboxylic acids is 1. The molecule has 0 atom stereocenters. The molecule has 0 heterocycles. The van der Waals surface area contributed by atoms with E-state index >= 15 is 0 Å². The Labute approximate surface area is 74.6 Å². The molecule has 1 N–H and O–H groups in total. The standard InChI is InChI=1S/C9H9FO3/c1-5(11)6-3-2-4-7(10)8(6)9(12)13/h3H,2,4H2,1H3,(H,12,13). The average molecular weight is 184 g/mol. The predicted octanol–water partition coefficient (Wildman–Crippen LogP) is 1.60. The molecule has 70 valence electrons. The molecule has 4 heteroatoms. The van der Waals surface area contributed by atoms with Gasteiger partial charge < -0.3 is 5.11 Å². The van der Waals surface area contributed by atoms with Gasteiger partial charge in [-0.15, -0.1) is 0 Å². The number of hydrogen-bond donors (Lipinski definition) is 1. The number of Topliss-reactive ketones (excluding diaryl/α,β-unsaturated/α-hetero) is 1. The molecule has 0 amide bonds. The third kappa shape index (κ3) is 1.83. The summed E-state index contributed by atoms with van der Waals surface area (Å²) in [5, 5.41) is 8.64. The third-order valence-corrected chi connectivity index (χ3v) is 1.85. The maximum atomic E-state index is 13.0. The molecule has 0 radical (unpaired) electrons. The maximum Gasteiger partial charge on any atom is 0.339 e. The zero-order valence-corrected chi connectivity index (χ0v) is 7.13. The quantitative estimate of drug-likeness (QED) is 0.709. The lowest BCUT2D eigenvalue weighted by Gasteiger charge is -2.11. The smallest absolute Gasteiger partial charge is 0.339 e. The molecule has 0 saturated heterocycles. The minimum absolute atomic E-state index is 0.0174. The van der Waals surface area contributed by atoms with E-state index < -0.39 is 23.2 Å². The summed E-state index contributed by atoms with van der Waals surface area (Å²) in [5.41, 5.74) is -0.491. The molecule has 0 unspecified atom stereocenters. The monoisotopic (exact) mass is 184 g/mol. The average Bonchev–Trinajstić information content (AvgIpc) is 2.02. The fourth-order valence-corrected chi connectivity index (χ4v) is 1.27. The van der Waals surface area contributed by atoms with Crippen molar-refractivity contribution in [1.82, 2.24) is 0 Å². The van der Waals surface area contributed by atoms with Gasteiger partial charge in [-0.1, -0.05) is 6.08 Å². The number of ketones is 1. The van der Waals surface area contributed by atoms with Crippen molar-refractivity contribution in [3.05, 3.63) is 23.0 Å². The highest BCUT2D eigenvalue weighted by Gasteiger charge is 2.24. The molecule has 0 bridgehead atoms. The molecule has 1 aliphatic carbocycles. The summed E-state index contributed by atoms with van der Waals surface area (Å²) in [7, 11) is 0. The molecule has 0 saturated carbocycles. The summed E-state index contributed by atoms with van der Waals surface area (Å²) >= 11 is 0. The maximum absolute atomic E-state index is 13.0. The van der Waals surface area contributed by atoms with Gasteiger partial charge >= 0.3 is 5.97 Å². The van der Waals surface area contributed by atoms with Gasteiger partial charge in [0.2, 0.25) is 0 Å². The van der Waals surface area contributed by atoms with Crippen LogP contribution in [-0.4, -0.2) is 16.9 Å². The lowest BCUT2D eigenvalue weighted by Crippen LogP contribution is -2.13. The molecule has 13 heavy (non-hydrogen) atoms. The molecule has 1 rings (SSSR count). The number of allylic oxidation sites excluding steroid dienone is 2. The van der Waals surface area contributed by atoms with Crippen LogP contribution in [0.3, 0.4) is 0 Å². The Morgan fingerprint density at radius 1 is 1.54 bits per heavy atom. The van der Waals surface area contributed by atoms with Gasteiger partial charge in [-0.05, 0) is 13.3 Å². The second-order valence-corrected chi connectivity index (χ2v) is 2.80. The van der Waals surface area contributed by atoms with Crippen LogP contribution in [0.5, 0.6) is 0 Å². The third-order valence-electron chi connectivity index (χ3n) is 1.85. The number of halogens is 1. The van der Waals surface area contributed by atoms with Crippen molar-refractivity contribution >= 4 is 11.8 Å². The Hall–Kier alpha value is -1.45. The van der Waals surface area contributed by atoms with Crippen LogP contribution < -0.4 is 0 Å². The largest absolute Gasteiger partial charge is 0.478 e. The molecule has 0 aliphatic heterocycles. The molecule has 0 spiro atoms. The van der Waals surface area contributed by atoms with E-state index in [4.69, 9.17) is 5.11 Å². The minimum atomic E-state index is -1.38. The summed E-state index contributed by atoms with van der Waals surface area (Å²) in [6, 6.07) is 0. The van der Waals surface area contributed by atoms with Crippen LogP contribution in [0, 0.1) is 0 Å². The number of carbonyl (C=O) groups excluding carboxylic acids is 1. The van der Waals surface area contributed by atoms with Gasteiger partial charge in [0.05, 0.1) is 0 Å². The van der Waals surface area contributed by atoms with Crippen molar-refractivity contribution in [1.29, 1.82) is 0 Å². The van der Waals surface area contributed by atoms with Gasteiger partial charge in [0.15, 0.2) is 5.78 Å². The fourth-order valence-electron chi connectivity index (χ4n) is 1.27. The lowest BCUT2D eigenvalue weighted by atomic mass is 9.94. The van der Waals surface area contributed by atoms with Crippen LogP contribution in [0.4, 0.5) is 4.39 Å². The van der Waals surface area contributed by atoms with E-state index in [0.717, 1.165) is 0 Å². The number of carbonyl (C=O) groups is 2. The number of hydrogen-bond acceptors (Lipinski definition) is 2. The summed E-state index contributed by atoms with van der Waals surface area (Å²) in [5.74, 6) is -2.49. The summed E-state index contributed by atoms with van der Waals surface area (Å²) in [4.78, 5) is 21.5. The number of carboxylic acid groups (broad SMARTS) is 1. The molecule has 0 aromatic rings. The molecule has 0 aromatic carbocycles. The normalized spacial score (nSPS) is 16.9. The lowest BCUT2D eigenvalue weighted by molar-refractivity contribution is -0.133. The Balaban J connectivity index is 3.16. The van der Waals surface area contributed by atoms with Crippen LogP contribution in [-0.2, 0) is 9.59 Å². The van der Waals surface area contributed by atoms with Crippen molar-refractivity contribution in [2.24, 2.45) is 0 Å². The van der Waals surface area contributed by atoms with Crippen LogP contribution in [0.15, 0.2) is 23.0 Å². The van der Waals surface area contributed by atoms with Crippen molar-refractivity contribution < 1.29 is 19.1 Å². The predicted molar refractivity (Wildman–Crippen MR) is 43.8 cm³/mol. The molecule has 0 fully saturated rings. The second-order valence-electron chi connectivity index (χ2n) is 2.80. The first-order valence-electron chi connectivity index (χ1n) is 3.87. The zero-order chi connectivity index (χ0) is 10.0. The molecule has 0 aromatic heterocycles. The van der Waals surface area contributed by atoms with E-state index in [9.17, 15) is 14.0 Å². The van der Waals surface area contributed by atoms with Gasteiger partial charge in [0.1, 0.15) is 11.4 Å². The number of rotatable bonds is 2. The Bertz CT molecular complexity index is 326. The van der Waals surface area contributed by atoms with E-state index in [1.807, 2.05) is 0 Å². The SMILES string of the molecule is CC(=O)C1=CCCC(F)=C1C(=O)O. The fraction of sp³-hybridized carbons (Fsp3) is 0.333.